The number of halogens is 15. The first-order chi connectivity index (χ1) is 54.5. The van der Waals surface area contributed by atoms with Gasteiger partial charge in [-0.3, -0.25) is 0 Å². The first kappa shape index (κ1) is 79.1. The Bertz CT molecular complexity index is 7330. The number of hydrogen-bond donors (Lipinski definition) is 0. The van der Waals surface area contributed by atoms with Crippen molar-refractivity contribution in [3.8, 4) is 11.1 Å². The summed E-state index contributed by atoms with van der Waals surface area (Å²) >= 11 is 66.7. The van der Waals surface area contributed by atoms with Crippen molar-refractivity contribution in [3.05, 3.63) is 345 Å². The van der Waals surface area contributed by atoms with E-state index in [0.29, 0.717) is 35.7 Å². The van der Waals surface area contributed by atoms with Crippen molar-refractivity contribution in [2.24, 2.45) is 0 Å². The van der Waals surface area contributed by atoms with Crippen LogP contribution in [0.4, 0.5) is 4.39 Å². The number of furan rings is 7. The van der Waals surface area contributed by atoms with E-state index in [1.54, 1.807) is 12.1 Å². The molecule has 22 heteroatoms. The third kappa shape index (κ3) is 16.6. The van der Waals surface area contributed by atoms with Gasteiger partial charge in [0.15, 0.2) is 0 Å². The van der Waals surface area contributed by atoms with Crippen molar-refractivity contribution in [1.82, 2.24) is 0 Å². The van der Waals surface area contributed by atoms with Gasteiger partial charge in [-0.2, -0.15) is 0 Å². The molecule has 0 N–H and O–H groups in total. The van der Waals surface area contributed by atoms with E-state index in [0.717, 1.165) is 201 Å². The Morgan fingerprint density at radius 1 is 0.239 bits per heavy atom. The predicted octanol–water partition coefficient (Wildman–Crippen LogP) is 37.1. The lowest BCUT2D eigenvalue weighted by atomic mass is 10.0. The second-order valence-electron chi connectivity index (χ2n) is 25.7. The molecule has 0 aliphatic heterocycles. The second-order valence-corrected chi connectivity index (χ2v) is 34.9. The molecule has 15 aromatic carbocycles. The Morgan fingerprint density at radius 3 is 1.25 bits per heavy atom. The van der Waals surface area contributed by atoms with Crippen molar-refractivity contribution >= 4 is 346 Å². The van der Waals surface area contributed by atoms with E-state index >= 15 is 0 Å². The summed E-state index contributed by atoms with van der Waals surface area (Å²) < 4.78 is 60.2. The molecule has 558 valence electrons. The Morgan fingerprint density at radius 2 is 0.637 bits per heavy atom. The molecule has 7 heterocycles. The van der Waals surface area contributed by atoms with Crippen LogP contribution in [0.1, 0.15) is 5.56 Å². The van der Waals surface area contributed by atoms with Gasteiger partial charge in [0, 0.05) is 157 Å². The first-order valence-corrected chi connectivity index (χ1v) is 42.4. The van der Waals surface area contributed by atoms with Gasteiger partial charge in [-0.05, 0) is 222 Å². The van der Waals surface area contributed by atoms with Crippen LogP contribution in [0.3, 0.4) is 0 Å². The first-order valence-electron chi connectivity index (χ1n) is 34.2. The Kier molecular flexibility index (Phi) is 23.7. The lowest BCUT2D eigenvalue weighted by molar-refractivity contribution is 0.617. The summed E-state index contributed by atoms with van der Waals surface area (Å²) in [6, 6.07) is 84.5. The zero-order valence-electron chi connectivity index (χ0n) is 57.9. The molecule has 0 atom stereocenters. The normalized spacial score (nSPS) is 11.4. The number of rotatable bonds is 1. The van der Waals surface area contributed by atoms with Gasteiger partial charge in [0.25, 0.3) is 0 Å². The molecular formula is C91H47Br7Cl7FO7. The summed E-state index contributed by atoms with van der Waals surface area (Å²) in [4.78, 5) is 0. The molecule has 0 unspecified atom stereocenters. The summed E-state index contributed by atoms with van der Waals surface area (Å²) in [6.45, 7) is 2.05. The molecule has 22 rings (SSSR count). The van der Waals surface area contributed by atoms with Crippen LogP contribution in [-0.2, 0) is 0 Å². The molecular weight excluding hydrogens is 2030 g/mol. The van der Waals surface area contributed by atoms with Gasteiger partial charge in [-0.1, -0.05) is 231 Å². The summed E-state index contributed by atoms with van der Waals surface area (Å²) in [6.07, 6.45) is 0. The molecule has 7 nitrogen and oxygen atoms in total. The summed E-state index contributed by atoms with van der Waals surface area (Å²) in [5, 5.41) is 19.3. The van der Waals surface area contributed by atoms with Crippen LogP contribution in [0.5, 0.6) is 0 Å². The lowest BCUT2D eigenvalue weighted by Gasteiger charge is -2.03. The highest BCUT2D eigenvalue weighted by Gasteiger charge is 2.19. The van der Waals surface area contributed by atoms with Crippen LogP contribution in [-0.4, -0.2) is 0 Å². The quantitative estimate of drug-likeness (QED) is 0.162. The Balaban J connectivity index is 0.0000000998. The zero-order valence-corrected chi connectivity index (χ0v) is 74.3. The lowest BCUT2D eigenvalue weighted by Crippen LogP contribution is -1.79. The van der Waals surface area contributed by atoms with Crippen LogP contribution < -0.4 is 0 Å². The van der Waals surface area contributed by atoms with Gasteiger partial charge in [0.1, 0.15) is 84.0 Å². The molecule has 113 heavy (non-hydrogen) atoms. The smallest absolute Gasteiger partial charge is 0.144 e. The van der Waals surface area contributed by atoms with E-state index in [-0.39, 0.29) is 5.82 Å². The van der Waals surface area contributed by atoms with Gasteiger partial charge in [0.05, 0.1) is 15.1 Å². The molecule has 0 amide bonds. The third-order valence-electron chi connectivity index (χ3n) is 18.4. The molecule has 22 aromatic rings. The van der Waals surface area contributed by atoms with Gasteiger partial charge in [-0.25, -0.2) is 4.39 Å². The van der Waals surface area contributed by atoms with Gasteiger partial charge >= 0.3 is 0 Å². The fourth-order valence-corrected chi connectivity index (χ4v) is 18.2. The van der Waals surface area contributed by atoms with E-state index in [9.17, 15) is 4.39 Å². The monoisotopic (exact) mass is 2070 g/mol. The summed E-state index contributed by atoms with van der Waals surface area (Å²) in [5.41, 5.74) is 14.7. The number of hydrogen-bond acceptors (Lipinski definition) is 7. The van der Waals surface area contributed by atoms with Crippen molar-refractivity contribution in [2.45, 2.75) is 6.92 Å². The Hall–Kier alpha value is -7.78. The van der Waals surface area contributed by atoms with Crippen LogP contribution in [0.2, 0.25) is 35.2 Å². The van der Waals surface area contributed by atoms with E-state index in [2.05, 4.69) is 130 Å². The molecule has 0 spiro atoms. The van der Waals surface area contributed by atoms with E-state index in [1.807, 2.05) is 231 Å². The number of benzene rings is 15. The van der Waals surface area contributed by atoms with Crippen LogP contribution in [0.25, 0.3) is 165 Å². The molecule has 7 aromatic heterocycles. The van der Waals surface area contributed by atoms with Crippen LogP contribution >= 0.6 is 193 Å². The molecule has 0 saturated heterocycles. The van der Waals surface area contributed by atoms with Gasteiger partial charge in [0.2, 0.25) is 0 Å². The molecule has 0 aliphatic rings. The zero-order chi connectivity index (χ0) is 78.6. The maximum absolute atomic E-state index is 13.2. The summed E-state index contributed by atoms with van der Waals surface area (Å²) in [5.74, 6) is -0.329. The molecule has 0 aliphatic carbocycles. The van der Waals surface area contributed by atoms with E-state index < -0.39 is 0 Å². The fourth-order valence-electron chi connectivity index (χ4n) is 13.5. The highest BCUT2D eigenvalue weighted by Crippen LogP contribution is 2.44. The molecule has 0 fully saturated rings. The fraction of sp³-hybridized carbons (Fsp3) is 0.0110. The maximum Gasteiger partial charge on any atom is 0.144 e. The van der Waals surface area contributed by atoms with E-state index in [4.69, 9.17) is 112 Å². The number of aryl methyl sites for hydroxylation is 1. The predicted molar refractivity (Wildman–Crippen MR) is 495 cm³/mol. The topological polar surface area (TPSA) is 92.0 Å². The number of fused-ring (bicyclic) bond motifs is 21. The molecule has 0 saturated carbocycles. The van der Waals surface area contributed by atoms with Crippen molar-refractivity contribution in [1.29, 1.82) is 0 Å². The highest BCUT2D eigenvalue weighted by atomic mass is 79.9. The molecule has 0 radical (unpaired) electrons. The van der Waals surface area contributed by atoms with Crippen LogP contribution in [0, 0.1) is 12.7 Å². The average molecular weight is 2080 g/mol. The Labute approximate surface area is 736 Å². The minimum Gasteiger partial charge on any atom is -0.456 e. The van der Waals surface area contributed by atoms with Gasteiger partial charge < -0.3 is 30.9 Å². The standard InChI is InChI=1S/C18H10BrClO.C13H8BrClO.C12H5BrClFO.4C12H6BrClO/c19-12-6-9-16-14(10-12)17-15(20)8-7-13(18(17)21-16)11-4-2-1-3-5-11;1-7-4-9(15)6-12-13(7)10-5-8(14)2-3-11(10)16-12;13-9-4-7(15)5-11-12(9)8-2-1-6(14)3-10(8)16-11;13-7-1-3-11-9(5-7)10-6-8(14)2-4-12(10)15-11;13-7-3-1-5-9-11(7)12-8(14)4-2-6-10(12)15-9;13-7-4-5-10-8(6-7)12-9(14)2-1-3-11(12)15-10;13-9-2-1-3-10-12(9)8-5-4-7(14)6-11(8)15-10/h1-10H;2-6H,1H3;1-5H;4*1-6H. The average Bonchev–Trinajstić information content (AvgIpc) is 1.54. The van der Waals surface area contributed by atoms with Crippen LogP contribution in [0.15, 0.2) is 329 Å². The summed E-state index contributed by atoms with van der Waals surface area (Å²) in [7, 11) is 0. The third-order valence-corrected chi connectivity index (χ3v) is 24.2. The van der Waals surface area contributed by atoms with Crippen molar-refractivity contribution < 1.29 is 35.3 Å². The minimum absolute atomic E-state index is 0.329. The van der Waals surface area contributed by atoms with Crippen molar-refractivity contribution in [3.63, 3.8) is 0 Å². The SMILES string of the molecule is Cc1cc(Cl)cc2oc3ccc(Br)cc3c12.Clc1ccc(-c2ccccc2)c2oc3ccc(Br)cc3c12.Clc1ccc2c(c1)oc1cccc(Br)c12.Clc1ccc2oc3ccc(Br)cc3c2c1.Clc1cccc2oc3ccc(Br)cc3c12.Clc1cccc2oc3cccc(Br)c3c12.Fc1cc(Br)c2c(c1)oc1cc(Cl)ccc12. The van der Waals surface area contributed by atoms with Crippen molar-refractivity contribution in [2.75, 3.05) is 0 Å². The highest BCUT2D eigenvalue weighted by molar-refractivity contribution is 9.11. The van der Waals surface area contributed by atoms with Gasteiger partial charge in [-0.15, -0.1) is 0 Å². The minimum atomic E-state index is -0.329. The van der Waals surface area contributed by atoms with E-state index in [1.165, 1.54) is 12.1 Å². The second kappa shape index (κ2) is 33.8. The largest absolute Gasteiger partial charge is 0.456 e. The maximum atomic E-state index is 13.2. The molecule has 0 bridgehead atoms.